The van der Waals surface area contributed by atoms with Crippen molar-refractivity contribution in [3.8, 4) is 0 Å². The van der Waals surface area contributed by atoms with E-state index >= 15 is 0 Å². The summed E-state index contributed by atoms with van der Waals surface area (Å²) in [6.07, 6.45) is 3.00. The molecule has 0 heterocycles. The maximum Gasteiger partial charge on any atom is 0.307 e. The molecule has 0 aromatic rings. The van der Waals surface area contributed by atoms with Crippen LogP contribution in [-0.2, 0) is 14.3 Å². The zero-order valence-electron chi connectivity index (χ0n) is 10.4. The van der Waals surface area contributed by atoms with Gasteiger partial charge in [0.25, 0.3) is 0 Å². The Hall–Kier alpha value is -1.14. The Morgan fingerprint density at radius 1 is 1.17 bits per heavy atom. The summed E-state index contributed by atoms with van der Waals surface area (Å²) >= 11 is 0. The molecule has 0 aromatic carbocycles. The van der Waals surface area contributed by atoms with E-state index < -0.39 is 17.8 Å². The average Bonchev–Trinajstić information content (AvgIpc) is 2.38. The Bertz CT molecular complexity index is 282. The molecule has 0 aromatic heterocycles. The Morgan fingerprint density at radius 3 is 2.44 bits per heavy atom. The van der Waals surface area contributed by atoms with E-state index in [0.717, 1.165) is 12.8 Å². The number of hydrogen-bond acceptors (Lipinski definition) is 4. The highest BCUT2D eigenvalue weighted by atomic mass is 16.5. The summed E-state index contributed by atoms with van der Waals surface area (Å²) in [6.45, 7) is 0.882. The van der Waals surface area contributed by atoms with Crippen LogP contribution in [0.2, 0.25) is 0 Å². The van der Waals surface area contributed by atoms with E-state index in [1.165, 1.54) is 0 Å². The van der Waals surface area contributed by atoms with Gasteiger partial charge in [0.05, 0.1) is 31.7 Å². The predicted octanol–water partition coefficient (Wildman–Crippen LogP) is 0.00250. The molecule has 0 aliphatic heterocycles. The van der Waals surface area contributed by atoms with Gasteiger partial charge in [-0.25, -0.2) is 0 Å². The van der Waals surface area contributed by atoms with Gasteiger partial charge in [0.2, 0.25) is 5.91 Å². The molecule has 1 rings (SSSR count). The van der Waals surface area contributed by atoms with Crippen LogP contribution in [0.1, 0.15) is 25.7 Å². The summed E-state index contributed by atoms with van der Waals surface area (Å²) in [5.74, 6) is -2.06. The van der Waals surface area contributed by atoms with Gasteiger partial charge < -0.3 is 20.3 Å². The molecule has 0 saturated heterocycles. The third kappa shape index (κ3) is 4.62. The summed E-state index contributed by atoms with van der Waals surface area (Å²) in [5, 5.41) is 20.3. The van der Waals surface area contributed by atoms with Crippen LogP contribution in [0.3, 0.4) is 0 Å². The molecule has 1 amide bonds. The number of ether oxygens (including phenoxy) is 1. The zero-order valence-corrected chi connectivity index (χ0v) is 10.4. The minimum Gasteiger partial charge on any atom is -0.481 e. The highest BCUT2D eigenvalue weighted by Crippen LogP contribution is 2.30. The standard InChI is InChI=1S/C12H21NO5/c14-6-8-18-7-5-13-11(15)9-3-1-2-4-10(9)12(16)17/h9-10,14H,1-8H2,(H,13,15)(H,16,17)/t9-,10+/m1/s1. The number of nitrogens with one attached hydrogen (secondary N) is 1. The van der Waals surface area contributed by atoms with Crippen molar-refractivity contribution >= 4 is 11.9 Å². The van der Waals surface area contributed by atoms with Crippen LogP contribution in [0.5, 0.6) is 0 Å². The maximum absolute atomic E-state index is 11.9. The van der Waals surface area contributed by atoms with Crippen LogP contribution >= 0.6 is 0 Å². The van der Waals surface area contributed by atoms with Crippen molar-refractivity contribution in [3.63, 3.8) is 0 Å². The Kier molecular flexibility index (Phi) is 6.67. The lowest BCUT2D eigenvalue weighted by molar-refractivity contribution is -0.148. The predicted molar refractivity (Wildman–Crippen MR) is 64.0 cm³/mol. The van der Waals surface area contributed by atoms with E-state index in [9.17, 15) is 9.59 Å². The number of aliphatic hydroxyl groups excluding tert-OH is 1. The van der Waals surface area contributed by atoms with Crippen molar-refractivity contribution in [2.45, 2.75) is 25.7 Å². The van der Waals surface area contributed by atoms with Crippen molar-refractivity contribution in [2.75, 3.05) is 26.4 Å². The number of carbonyl (C=O) groups is 2. The summed E-state index contributed by atoms with van der Waals surface area (Å²) in [6, 6.07) is 0. The molecule has 1 aliphatic carbocycles. The SMILES string of the molecule is O=C(O)[C@H]1CCCC[C@H]1C(=O)NCCOCCO. The number of hydrogen-bond donors (Lipinski definition) is 3. The van der Waals surface area contributed by atoms with Gasteiger partial charge >= 0.3 is 5.97 Å². The molecular weight excluding hydrogens is 238 g/mol. The molecule has 1 saturated carbocycles. The van der Waals surface area contributed by atoms with Crippen LogP contribution < -0.4 is 5.32 Å². The molecule has 3 N–H and O–H groups in total. The van der Waals surface area contributed by atoms with E-state index in [1.54, 1.807) is 0 Å². The van der Waals surface area contributed by atoms with Gasteiger partial charge in [0.15, 0.2) is 0 Å². The fourth-order valence-corrected chi connectivity index (χ4v) is 2.28. The molecule has 0 spiro atoms. The average molecular weight is 259 g/mol. The maximum atomic E-state index is 11.9. The highest BCUT2D eigenvalue weighted by molar-refractivity contribution is 5.84. The van der Waals surface area contributed by atoms with Crippen molar-refractivity contribution in [1.29, 1.82) is 0 Å². The van der Waals surface area contributed by atoms with E-state index in [2.05, 4.69) is 5.32 Å². The second-order valence-electron chi connectivity index (χ2n) is 4.46. The number of carbonyl (C=O) groups excluding carboxylic acids is 1. The molecule has 6 nitrogen and oxygen atoms in total. The Labute approximate surface area is 106 Å². The van der Waals surface area contributed by atoms with E-state index in [0.29, 0.717) is 26.0 Å². The lowest BCUT2D eigenvalue weighted by Crippen LogP contribution is -2.40. The third-order valence-corrected chi connectivity index (χ3v) is 3.20. The smallest absolute Gasteiger partial charge is 0.307 e. The molecule has 0 bridgehead atoms. The van der Waals surface area contributed by atoms with Crippen molar-refractivity contribution in [1.82, 2.24) is 5.32 Å². The fraction of sp³-hybridized carbons (Fsp3) is 0.833. The molecular formula is C12H21NO5. The van der Waals surface area contributed by atoms with Gasteiger partial charge in [-0.05, 0) is 12.8 Å². The summed E-state index contributed by atoms with van der Waals surface area (Å²) in [7, 11) is 0. The molecule has 104 valence electrons. The first-order valence-electron chi connectivity index (χ1n) is 6.36. The number of aliphatic hydroxyl groups is 1. The first-order chi connectivity index (χ1) is 8.66. The molecule has 1 fully saturated rings. The summed E-state index contributed by atoms with van der Waals surface area (Å²) in [5.41, 5.74) is 0. The van der Waals surface area contributed by atoms with Crippen LogP contribution in [0.15, 0.2) is 0 Å². The lowest BCUT2D eigenvalue weighted by atomic mass is 9.79. The van der Waals surface area contributed by atoms with E-state index in [1.807, 2.05) is 0 Å². The monoisotopic (exact) mass is 259 g/mol. The van der Waals surface area contributed by atoms with Crippen LogP contribution in [0, 0.1) is 11.8 Å². The minimum atomic E-state index is -0.883. The number of rotatable bonds is 7. The topological polar surface area (TPSA) is 95.9 Å². The van der Waals surface area contributed by atoms with E-state index in [-0.39, 0.29) is 19.1 Å². The van der Waals surface area contributed by atoms with Gasteiger partial charge in [0.1, 0.15) is 0 Å². The molecule has 2 atom stereocenters. The van der Waals surface area contributed by atoms with Crippen LogP contribution in [-0.4, -0.2) is 48.5 Å². The first kappa shape index (κ1) is 14.9. The first-order valence-corrected chi connectivity index (χ1v) is 6.36. The van der Waals surface area contributed by atoms with Crippen LogP contribution in [0.25, 0.3) is 0 Å². The number of aliphatic carboxylic acids is 1. The van der Waals surface area contributed by atoms with Gasteiger partial charge in [-0.3, -0.25) is 9.59 Å². The lowest BCUT2D eigenvalue weighted by Gasteiger charge is -2.27. The molecule has 18 heavy (non-hydrogen) atoms. The molecule has 0 radical (unpaired) electrons. The van der Waals surface area contributed by atoms with Gasteiger partial charge in [-0.1, -0.05) is 12.8 Å². The normalized spacial score (nSPS) is 23.6. The molecule has 6 heteroatoms. The molecule has 0 unspecified atom stereocenters. The number of carboxylic acids is 1. The van der Waals surface area contributed by atoms with E-state index in [4.69, 9.17) is 14.9 Å². The summed E-state index contributed by atoms with van der Waals surface area (Å²) < 4.78 is 5.01. The van der Waals surface area contributed by atoms with Crippen molar-refractivity contribution < 1.29 is 24.5 Å². The fourth-order valence-electron chi connectivity index (χ4n) is 2.28. The second kappa shape index (κ2) is 8.05. The van der Waals surface area contributed by atoms with Crippen LogP contribution in [0.4, 0.5) is 0 Å². The van der Waals surface area contributed by atoms with Gasteiger partial charge in [-0.2, -0.15) is 0 Å². The van der Waals surface area contributed by atoms with Gasteiger partial charge in [-0.15, -0.1) is 0 Å². The zero-order chi connectivity index (χ0) is 13.4. The largest absolute Gasteiger partial charge is 0.481 e. The second-order valence-corrected chi connectivity index (χ2v) is 4.46. The Balaban J connectivity index is 2.32. The third-order valence-electron chi connectivity index (χ3n) is 3.20. The quantitative estimate of drug-likeness (QED) is 0.559. The highest BCUT2D eigenvalue weighted by Gasteiger charge is 2.35. The number of carboxylic acid groups (broad SMARTS) is 1. The van der Waals surface area contributed by atoms with Gasteiger partial charge in [0, 0.05) is 6.54 Å². The Morgan fingerprint density at radius 2 is 1.83 bits per heavy atom. The number of amides is 1. The van der Waals surface area contributed by atoms with Crippen molar-refractivity contribution in [2.24, 2.45) is 11.8 Å². The van der Waals surface area contributed by atoms with Crippen molar-refractivity contribution in [3.05, 3.63) is 0 Å². The molecule has 1 aliphatic rings. The minimum absolute atomic E-state index is 0.0440. The summed E-state index contributed by atoms with van der Waals surface area (Å²) in [4.78, 5) is 22.9.